The third-order valence-corrected chi connectivity index (χ3v) is 6.11. The van der Waals surface area contributed by atoms with Crippen LogP contribution in [0.4, 0.5) is 0 Å². The smallest absolute Gasteiger partial charge is 0.258 e. The lowest BCUT2D eigenvalue weighted by molar-refractivity contribution is 0.0688. The van der Waals surface area contributed by atoms with Crippen molar-refractivity contribution in [2.45, 2.75) is 32.7 Å². The highest BCUT2D eigenvalue weighted by Crippen LogP contribution is 2.25. The highest BCUT2D eigenvalue weighted by Gasteiger charge is 2.30. The number of rotatable bonds is 3. The maximum Gasteiger partial charge on any atom is 0.258 e. The lowest BCUT2D eigenvalue weighted by Crippen LogP contribution is -2.47. The van der Waals surface area contributed by atoms with Crippen molar-refractivity contribution < 1.29 is 17.7 Å². The fraction of sp³-hybridized carbons (Fsp3) is 0.562. The van der Waals surface area contributed by atoms with Gasteiger partial charge in [0.15, 0.2) is 0 Å². The third kappa shape index (κ3) is 3.38. The van der Waals surface area contributed by atoms with E-state index < -0.39 is 10.0 Å². The zero-order chi connectivity index (χ0) is 18.4. The largest absolute Gasteiger partial charge is 0.339 e. The first-order chi connectivity index (χ1) is 11.7. The minimum absolute atomic E-state index is 0.0735. The van der Waals surface area contributed by atoms with E-state index in [-0.39, 0.29) is 11.9 Å². The molecule has 0 saturated carbocycles. The molecule has 1 aliphatic heterocycles. The van der Waals surface area contributed by atoms with Gasteiger partial charge in [-0.15, -0.1) is 0 Å². The van der Waals surface area contributed by atoms with E-state index in [0.29, 0.717) is 54.0 Å². The molecule has 25 heavy (non-hydrogen) atoms. The fourth-order valence-electron chi connectivity index (χ4n) is 3.26. The molecule has 9 heteroatoms. The van der Waals surface area contributed by atoms with Crippen molar-refractivity contribution in [3.63, 3.8) is 0 Å². The first kappa shape index (κ1) is 17.8. The van der Waals surface area contributed by atoms with Crippen LogP contribution in [0.1, 0.15) is 34.6 Å². The van der Waals surface area contributed by atoms with Crippen molar-refractivity contribution >= 4 is 27.0 Å². The topological polar surface area (TPSA) is 96.6 Å². The van der Waals surface area contributed by atoms with Gasteiger partial charge in [0.2, 0.25) is 10.0 Å². The summed E-state index contributed by atoms with van der Waals surface area (Å²) in [7, 11) is -1.63. The van der Waals surface area contributed by atoms with E-state index in [1.54, 1.807) is 31.9 Å². The molecule has 0 atom stereocenters. The number of carbonyl (C=O) groups is 1. The van der Waals surface area contributed by atoms with Crippen LogP contribution in [-0.2, 0) is 10.0 Å². The summed E-state index contributed by atoms with van der Waals surface area (Å²) in [5, 5.41) is 4.55. The predicted molar refractivity (Wildman–Crippen MR) is 92.8 cm³/mol. The first-order valence-corrected chi connectivity index (χ1v) is 9.99. The van der Waals surface area contributed by atoms with Crippen molar-refractivity contribution in [1.82, 2.24) is 19.3 Å². The Morgan fingerprint density at radius 3 is 2.56 bits per heavy atom. The van der Waals surface area contributed by atoms with Gasteiger partial charge in [-0.05, 0) is 32.8 Å². The second-order valence-corrected chi connectivity index (χ2v) is 8.60. The van der Waals surface area contributed by atoms with E-state index in [9.17, 15) is 13.2 Å². The Labute approximate surface area is 146 Å². The Morgan fingerprint density at radius 1 is 1.32 bits per heavy atom. The highest BCUT2D eigenvalue weighted by molar-refractivity contribution is 7.88. The standard InChI is InChI=1S/C16H22N4O4S/c1-10-9-13(14-11(2)18-24-15(14)17-10)16(21)20-7-5-12(6-8-20)19(3)25(4,22)23/h9,12H,5-8H2,1-4H3. The van der Waals surface area contributed by atoms with Gasteiger partial charge in [0, 0.05) is 31.9 Å². The molecule has 1 aliphatic rings. The molecule has 1 amide bonds. The summed E-state index contributed by atoms with van der Waals surface area (Å²) in [4.78, 5) is 19.0. The molecule has 0 N–H and O–H groups in total. The lowest BCUT2D eigenvalue weighted by atomic mass is 10.0. The minimum Gasteiger partial charge on any atom is -0.339 e. The molecule has 0 aliphatic carbocycles. The van der Waals surface area contributed by atoms with Crippen LogP contribution in [0.15, 0.2) is 10.6 Å². The van der Waals surface area contributed by atoms with Crippen LogP contribution >= 0.6 is 0 Å². The van der Waals surface area contributed by atoms with Gasteiger partial charge in [0.05, 0.1) is 22.9 Å². The summed E-state index contributed by atoms with van der Waals surface area (Å²) in [5.74, 6) is -0.0951. The Kier molecular flexibility index (Phi) is 4.54. The Balaban J connectivity index is 1.81. The van der Waals surface area contributed by atoms with Gasteiger partial charge >= 0.3 is 0 Å². The molecule has 136 valence electrons. The number of hydrogen-bond donors (Lipinski definition) is 0. The van der Waals surface area contributed by atoms with Gasteiger partial charge in [-0.2, -0.15) is 0 Å². The van der Waals surface area contributed by atoms with E-state index in [4.69, 9.17) is 4.52 Å². The molecule has 0 aromatic carbocycles. The molecular weight excluding hydrogens is 344 g/mol. The number of likely N-dealkylation sites (tertiary alicyclic amines) is 1. The number of piperidine rings is 1. The number of fused-ring (bicyclic) bond motifs is 1. The summed E-state index contributed by atoms with van der Waals surface area (Å²) in [5.41, 5.74) is 2.24. The van der Waals surface area contributed by atoms with Crippen molar-refractivity contribution in [1.29, 1.82) is 0 Å². The van der Waals surface area contributed by atoms with Gasteiger partial charge in [-0.25, -0.2) is 17.7 Å². The molecule has 0 bridgehead atoms. The third-order valence-electron chi connectivity index (χ3n) is 4.76. The predicted octanol–water partition coefficient (Wildman–Crippen LogP) is 1.34. The average molecular weight is 366 g/mol. The highest BCUT2D eigenvalue weighted by atomic mass is 32.2. The number of aromatic nitrogens is 2. The van der Waals surface area contributed by atoms with Crippen molar-refractivity contribution in [3.8, 4) is 0 Å². The molecular formula is C16H22N4O4S. The number of sulfonamides is 1. The Bertz CT molecular complexity index is 914. The van der Waals surface area contributed by atoms with E-state index in [0.717, 1.165) is 0 Å². The molecule has 2 aromatic heterocycles. The molecule has 3 heterocycles. The van der Waals surface area contributed by atoms with Gasteiger partial charge in [-0.1, -0.05) is 5.16 Å². The molecule has 8 nitrogen and oxygen atoms in total. The zero-order valence-corrected chi connectivity index (χ0v) is 15.6. The molecule has 0 spiro atoms. The summed E-state index contributed by atoms with van der Waals surface area (Å²) < 4.78 is 29.9. The molecule has 1 fully saturated rings. The van der Waals surface area contributed by atoms with Gasteiger partial charge < -0.3 is 9.42 Å². The summed E-state index contributed by atoms with van der Waals surface area (Å²) in [6, 6.07) is 1.68. The summed E-state index contributed by atoms with van der Waals surface area (Å²) in [6.45, 7) is 4.61. The lowest BCUT2D eigenvalue weighted by Gasteiger charge is -2.35. The van der Waals surface area contributed by atoms with Crippen LogP contribution in [0.5, 0.6) is 0 Å². The summed E-state index contributed by atoms with van der Waals surface area (Å²) in [6.07, 6.45) is 2.44. The summed E-state index contributed by atoms with van der Waals surface area (Å²) >= 11 is 0. The zero-order valence-electron chi connectivity index (χ0n) is 14.8. The SMILES string of the molecule is Cc1cc(C(=O)N2CCC(N(C)S(C)(=O)=O)CC2)c2c(C)noc2n1. The van der Waals surface area contributed by atoms with E-state index in [1.165, 1.54) is 10.6 Å². The maximum absolute atomic E-state index is 13.0. The average Bonchev–Trinajstić information content (AvgIpc) is 2.93. The van der Waals surface area contributed by atoms with Gasteiger partial charge in [0.1, 0.15) is 0 Å². The number of amides is 1. The minimum atomic E-state index is -3.22. The van der Waals surface area contributed by atoms with Crippen LogP contribution in [0.3, 0.4) is 0 Å². The van der Waals surface area contributed by atoms with Crippen molar-refractivity contribution in [2.24, 2.45) is 0 Å². The maximum atomic E-state index is 13.0. The monoisotopic (exact) mass is 366 g/mol. The van der Waals surface area contributed by atoms with Crippen LogP contribution in [0, 0.1) is 13.8 Å². The van der Waals surface area contributed by atoms with Crippen LogP contribution < -0.4 is 0 Å². The molecule has 3 rings (SSSR count). The van der Waals surface area contributed by atoms with Crippen LogP contribution in [0.25, 0.3) is 11.1 Å². The number of aryl methyl sites for hydroxylation is 2. The second-order valence-electron chi connectivity index (χ2n) is 6.56. The van der Waals surface area contributed by atoms with Crippen molar-refractivity contribution in [3.05, 3.63) is 23.0 Å². The molecule has 1 saturated heterocycles. The molecule has 0 radical (unpaired) electrons. The second kappa shape index (κ2) is 6.38. The molecule has 0 unspecified atom stereocenters. The number of hydrogen-bond acceptors (Lipinski definition) is 6. The number of nitrogens with zero attached hydrogens (tertiary/aromatic N) is 4. The Morgan fingerprint density at radius 2 is 1.96 bits per heavy atom. The number of pyridine rings is 1. The van der Waals surface area contributed by atoms with Crippen molar-refractivity contribution in [2.75, 3.05) is 26.4 Å². The fourth-order valence-corrected chi connectivity index (χ4v) is 4.01. The van der Waals surface area contributed by atoms with Gasteiger partial charge in [-0.3, -0.25) is 4.79 Å². The van der Waals surface area contributed by atoms with Crippen LogP contribution in [0.2, 0.25) is 0 Å². The molecule has 2 aromatic rings. The normalized spacial score (nSPS) is 16.8. The number of carbonyl (C=O) groups excluding carboxylic acids is 1. The van der Waals surface area contributed by atoms with E-state index in [2.05, 4.69) is 10.1 Å². The Hall–Kier alpha value is -2.00. The first-order valence-electron chi connectivity index (χ1n) is 8.14. The van der Waals surface area contributed by atoms with Crippen LogP contribution in [-0.4, -0.2) is 66.1 Å². The quantitative estimate of drug-likeness (QED) is 0.813. The van der Waals surface area contributed by atoms with E-state index >= 15 is 0 Å². The van der Waals surface area contributed by atoms with Gasteiger partial charge in [0.25, 0.3) is 11.6 Å². The van der Waals surface area contributed by atoms with E-state index in [1.807, 2.05) is 0 Å².